The van der Waals surface area contributed by atoms with E-state index in [0.29, 0.717) is 5.82 Å². The average molecular weight is 283 g/mol. The Morgan fingerprint density at radius 3 is 2.95 bits per heavy atom. The summed E-state index contributed by atoms with van der Waals surface area (Å²) < 4.78 is 6.21. The van der Waals surface area contributed by atoms with Crippen molar-refractivity contribution in [2.24, 2.45) is 0 Å². The lowest BCUT2D eigenvalue weighted by molar-refractivity contribution is 0.164. The third kappa shape index (κ3) is 2.17. The van der Waals surface area contributed by atoms with E-state index < -0.39 is 0 Å². The Morgan fingerprint density at radius 1 is 1.24 bits per heavy atom. The van der Waals surface area contributed by atoms with Crippen molar-refractivity contribution >= 4 is 27.8 Å². The van der Waals surface area contributed by atoms with E-state index >= 15 is 0 Å². The molecule has 0 amide bonds. The Hall–Kier alpha value is -2.34. The number of hydrogen-bond donors (Lipinski definition) is 3. The summed E-state index contributed by atoms with van der Waals surface area (Å²) in [5.74, 6) is 1.36. The van der Waals surface area contributed by atoms with E-state index in [-0.39, 0.29) is 6.10 Å². The van der Waals surface area contributed by atoms with Gasteiger partial charge in [0.1, 0.15) is 23.3 Å². The Balaban J connectivity index is 1.83. The molecule has 4 N–H and O–H groups in total. The normalized spacial score (nSPS) is 16.6. The van der Waals surface area contributed by atoms with Gasteiger partial charge in [0.15, 0.2) is 0 Å². The molecule has 1 aliphatic rings. The highest BCUT2D eigenvalue weighted by Crippen LogP contribution is 2.33. The van der Waals surface area contributed by atoms with Crippen LogP contribution in [0.4, 0.5) is 5.82 Å². The summed E-state index contributed by atoms with van der Waals surface area (Å²) in [4.78, 5) is 11.8. The molecule has 0 spiro atoms. The number of nitrogen functional groups attached to an aromatic ring is 1. The summed E-state index contributed by atoms with van der Waals surface area (Å²) in [7, 11) is 0. The highest BCUT2D eigenvalue weighted by atomic mass is 16.5. The number of piperidine rings is 1. The minimum atomic E-state index is 0.251. The van der Waals surface area contributed by atoms with Gasteiger partial charge in [-0.05, 0) is 38.1 Å². The van der Waals surface area contributed by atoms with Crippen molar-refractivity contribution in [3.63, 3.8) is 0 Å². The molecule has 0 aromatic carbocycles. The summed E-state index contributed by atoms with van der Waals surface area (Å²) in [5.41, 5.74) is 7.55. The Bertz CT molecular complexity index is 791. The van der Waals surface area contributed by atoms with Crippen LogP contribution in [0.15, 0.2) is 24.5 Å². The molecular weight excluding hydrogens is 266 g/mol. The molecule has 0 bridgehead atoms. The minimum Gasteiger partial charge on any atom is -0.489 e. The van der Waals surface area contributed by atoms with Crippen molar-refractivity contribution in [2.45, 2.75) is 18.9 Å². The molecule has 0 saturated carbocycles. The van der Waals surface area contributed by atoms with Crippen molar-refractivity contribution in [3.8, 4) is 5.75 Å². The number of aromatic amines is 1. The van der Waals surface area contributed by atoms with E-state index in [4.69, 9.17) is 10.5 Å². The second-order valence-corrected chi connectivity index (χ2v) is 5.38. The number of H-pyrrole nitrogens is 1. The van der Waals surface area contributed by atoms with Crippen LogP contribution >= 0.6 is 0 Å². The molecule has 0 radical (unpaired) electrons. The van der Waals surface area contributed by atoms with E-state index in [2.05, 4.69) is 20.3 Å². The van der Waals surface area contributed by atoms with Crippen LogP contribution in [0.2, 0.25) is 0 Å². The molecule has 4 rings (SSSR count). The lowest BCUT2D eigenvalue weighted by atomic mass is 10.1. The van der Waals surface area contributed by atoms with Crippen molar-refractivity contribution in [1.82, 2.24) is 20.3 Å². The number of fused-ring (bicyclic) bond motifs is 3. The van der Waals surface area contributed by atoms with Crippen LogP contribution in [0, 0.1) is 0 Å². The van der Waals surface area contributed by atoms with Gasteiger partial charge in [0.2, 0.25) is 0 Å². The Morgan fingerprint density at radius 2 is 2.10 bits per heavy atom. The molecule has 1 saturated heterocycles. The first-order valence-electron chi connectivity index (χ1n) is 7.20. The van der Waals surface area contributed by atoms with Crippen LogP contribution in [0.25, 0.3) is 21.9 Å². The molecule has 3 aromatic rings. The van der Waals surface area contributed by atoms with Crippen molar-refractivity contribution < 1.29 is 4.74 Å². The number of nitrogens with zero attached hydrogens (tertiary/aromatic N) is 2. The zero-order valence-electron chi connectivity index (χ0n) is 11.6. The number of aromatic nitrogens is 3. The summed E-state index contributed by atoms with van der Waals surface area (Å²) in [6.07, 6.45) is 5.80. The zero-order chi connectivity index (χ0) is 14.2. The van der Waals surface area contributed by atoms with Gasteiger partial charge in [0.25, 0.3) is 0 Å². The van der Waals surface area contributed by atoms with Gasteiger partial charge in [-0.15, -0.1) is 0 Å². The standard InChI is InChI=1S/C15H17N5O/c16-13-7-10-11(8-19-13)20-15-14(10)12(3-6-18-15)21-9-1-4-17-5-2-9/h3,6-9,17H,1-2,4-5H2,(H2,16,19)(H,18,20). The molecule has 108 valence electrons. The Kier molecular flexibility index (Phi) is 2.89. The molecule has 0 aliphatic carbocycles. The fraction of sp³-hybridized carbons (Fsp3) is 0.333. The highest BCUT2D eigenvalue weighted by Gasteiger charge is 2.18. The molecular formula is C15H17N5O. The summed E-state index contributed by atoms with van der Waals surface area (Å²) in [5, 5.41) is 5.34. The molecule has 0 atom stereocenters. The van der Waals surface area contributed by atoms with Gasteiger partial charge < -0.3 is 20.8 Å². The fourth-order valence-electron chi connectivity index (χ4n) is 2.90. The average Bonchev–Trinajstić information content (AvgIpc) is 2.87. The van der Waals surface area contributed by atoms with Gasteiger partial charge in [0, 0.05) is 11.6 Å². The van der Waals surface area contributed by atoms with Crippen LogP contribution in [0.1, 0.15) is 12.8 Å². The number of ether oxygens (including phenoxy) is 1. The van der Waals surface area contributed by atoms with Gasteiger partial charge in [-0.25, -0.2) is 9.97 Å². The lowest BCUT2D eigenvalue weighted by Gasteiger charge is -2.24. The third-order valence-corrected chi connectivity index (χ3v) is 3.94. The number of nitrogens with two attached hydrogens (primary N) is 1. The molecule has 1 aliphatic heterocycles. The maximum atomic E-state index is 6.21. The van der Waals surface area contributed by atoms with E-state index in [0.717, 1.165) is 53.6 Å². The molecule has 0 unspecified atom stereocenters. The van der Waals surface area contributed by atoms with Gasteiger partial charge in [0.05, 0.1) is 17.1 Å². The number of nitrogens with one attached hydrogen (secondary N) is 2. The van der Waals surface area contributed by atoms with E-state index in [1.54, 1.807) is 12.4 Å². The predicted molar refractivity (Wildman–Crippen MR) is 82.3 cm³/mol. The number of rotatable bonds is 2. The lowest BCUT2D eigenvalue weighted by Crippen LogP contribution is -2.34. The third-order valence-electron chi connectivity index (χ3n) is 3.94. The van der Waals surface area contributed by atoms with E-state index in [1.165, 1.54) is 0 Å². The van der Waals surface area contributed by atoms with Crippen LogP contribution in [-0.4, -0.2) is 34.1 Å². The minimum absolute atomic E-state index is 0.251. The maximum Gasteiger partial charge on any atom is 0.142 e. The number of pyridine rings is 2. The second-order valence-electron chi connectivity index (χ2n) is 5.38. The SMILES string of the molecule is Nc1cc2c(cn1)[nH]c1nccc(OC3CCNCC3)c12. The first kappa shape index (κ1) is 12.4. The maximum absolute atomic E-state index is 6.21. The van der Waals surface area contributed by atoms with E-state index in [9.17, 15) is 0 Å². The van der Waals surface area contributed by atoms with Gasteiger partial charge >= 0.3 is 0 Å². The highest BCUT2D eigenvalue weighted by molar-refractivity contribution is 6.09. The summed E-state index contributed by atoms with van der Waals surface area (Å²) in [6.45, 7) is 2.01. The smallest absolute Gasteiger partial charge is 0.142 e. The fourth-order valence-corrected chi connectivity index (χ4v) is 2.90. The predicted octanol–water partition coefficient (Wildman–Crippen LogP) is 1.82. The zero-order valence-corrected chi connectivity index (χ0v) is 11.6. The summed E-state index contributed by atoms with van der Waals surface area (Å²) in [6, 6.07) is 3.79. The monoisotopic (exact) mass is 283 g/mol. The Labute approximate surface area is 121 Å². The number of anilines is 1. The van der Waals surface area contributed by atoms with Crippen molar-refractivity contribution in [2.75, 3.05) is 18.8 Å². The quantitative estimate of drug-likeness (QED) is 0.667. The first-order valence-corrected chi connectivity index (χ1v) is 7.20. The molecule has 4 heterocycles. The molecule has 3 aromatic heterocycles. The second kappa shape index (κ2) is 4.89. The first-order chi connectivity index (χ1) is 10.3. The van der Waals surface area contributed by atoms with E-state index in [1.807, 2.05) is 12.1 Å². The molecule has 6 nitrogen and oxygen atoms in total. The molecule has 21 heavy (non-hydrogen) atoms. The van der Waals surface area contributed by atoms with Crippen molar-refractivity contribution in [1.29, 1.82) is 0 Å². The molecule has 1 fully saturated rings. The van der Waals surface area contributed by atoms with Crippen LogP contribution in [0.3, 0.4) is 0 Å². The largest absolute Gasteiger partial charge is 0.489 e. The molecule has 6 heteroatoms. The topological polar surface area (TPSA) is 88.9 Å². The van der Waals surface area contributed by atoms with Gasteiger partial charge in [-0.1, -0.05) is 0 Å². The van der Waals surface area contributed by atoms with Crippen molar-refractivity contribution in [3.05, 3.63) is 24.5 Å². The van der Waals surface area contributed by atoms with Crippen LogP contribution in [0.5, 0.6) is 5.75 Å². The summed E-state index contributed by atoms with van der Waals surface area (Å²) >= 11 is 0. The van der Waals surface area contributed by atoms with Gasteiger partial charge in [-0.3, -0.25) is 0 Å². The van der Waals surface area contributed by atoms with Crippen LogP contribution < -0.4 is 15.8 Å². The number of hydrogen-bond acceptors (Lipinski definition) is 5. The van der Waals surface area contributed by atoms with Gasteiger partial charge in [-0.2, -0.15) is 0 Å². The van der Waals surface area contributed by atoms with Crippen LogP contribution in [-0.2, 0) is 0 Å².